The first-order chi connectivity index (χ1) is 28.5. The Balaban J connectivity index is 1.62. The second-order valence-electron chi connectivity index (χ2n) is 15.2. The maximum Gasteiger partial charge on any atom is 0.408 e. The second-order valence-corrected chi connectivity index (χ2v) is 16.1. The monoisotopic (exact) mass is 843 g/mol. The highest BCUT2D eigenvalue weighted by Gasteiger charge is 2.39. The number of amides is 6. The number of carbonyl (C=O) groups is 7. The molecule has 4 rings (SSSR count). The van der Waals surface area contributed by atoms with Gasteiger partial charge in [-0.05, 0) is 68.4 Å². The van der Waals surface area contributed by atoms with E-state index in [4.69, 9.17) is 10.5 Å². The van der Waals surface area contributed by atoms with Crippen molar-refractivity contribution in [3.05, 3.63) is 108 Å². The van der Waals surface area contributed by atoms with Crippen molar-refractivity contribution in [3.8, 4) is 0 Å². The summed E-state index contributed by atoms with van der Waals surface area (Å²) in [6.45, 7) is 4.48. The third-order valence-corrected chi connectivity index (χ3v) is 9.97. The Labute approximate surface area is 352 Å². The van der Waals surface area contributed by atoms with Gasteiger partial charge in [-0.3, -0.25) is 28.8 Å². The normalized spacial score (nSPS) is 13.7. The van der Waals surface area contributed by atoms with Gasteiger partial charge in [0.05, 0.1) is 5.92 Å². The molecular formula is C43H53N7O9S. The van der Waals surface area contributed by atoms with Crippen molar-refractivity contribution in [1.82, 2.24) is 31.6 Å². The topological polar surface area (TPSA) is 251 Å². The molecule has 0 radical (unpaired) electrons. The first-order valence-electron chi connectivity index (χ1n) is 19.4. The Bertz CT molecular complexity index is 2110. The van der Waals surface area contributed by atoms with Gasteiger partial charge in [0, 0.05) is 29.9 Å². The van der Waals surface area contributed by atoms with E-state index in [0.29, 0.717) is 22.4 Å². The number of ether oxygens (including phenoxy) is 1. The molecule has 4 aromatic rings. The number of nitrogens with one attached hydrogen (secondary N) is 6. The van der Waals surface area contributed by atoms with E-state index < -0.39 is 83.8 Å². The number of hydrogen-bond acceptors (Lipinski definition) is 9. The molecule has 6 amide bonds. The first-order valence-corrected chi connectivity index (χ1v) is 20.7. The standard InChI is InChI=1S/C43H53N7O9S/c1-43(2,3)59-42(58)46-25-35(51)47-34(23-28-24-45-31-18-12-11-17-29(28)31)39(54)48-32(19-20-60-4)38(53)50-36(30(41(56)57)21-26-13-7-5-8-14-26)40(55)49-33(37(44)52)22-27-15-9-6-10-16-27/h5-18,24,30,32-34,36,45H,19-23,25H2,1-4H3,(H2,44,52)(H,46,58)(H,47,51)(H,48,54)(H,49,55)(H,50,53)(H,56,57)/t30?,32-,33-,34-,36-/m0/s1. The van der Waals surface area contributed by atoms with Crippen LogP contribution in [-0.2, 0) is 52.8 Å². The molecule has 320 valence electrons. The predicted molar refractivity (Wildman–Crippen MR) is 228 cm³/mol. The van der Waals surface area contributed by atoms with Crippen LogP contribution in [0.1, 0.15) is 43.9 Å². The molecule has 0 fully saturated rings. The average molecular weight is 844 g/mol. The number of thioether (sulfide) groups is 1. The number of primary amides is 1. The highest BCUT2D eigenvalue weighted by atomic mass is 32.2. The third kappa shape index (κ3) is 14.5. The molecule has 0 aliphatic rings. The molecule has 0 aliphatic carbocycles. The zero-order chi connectivity index (χ0) is 43.8. The van der Waals surface area contributed by atoms with Gasteiger partial charge in [0.2, 0.25) is 29.5 Å². The lowest BCUT2D eigenvalue weighted by atomic mass is 9.90. The first kappa shape index (κ1) is 46.3. The lowest BCUT2D eigenvalue weighted by Crippen LogP contribution is -2.61. The maximum atomic E-state index is 14.3. The number of nitrogens with two attached hydrogens (primary N) is 1. The minimum Gasteiger partial charge on any atom is -0.481 e. The van der Waals surface area contributed by atoms with Crippen molar-refractivity contribution in [1.29, 1.82) is 0 Å². The van der Waals surface area contributed by atoms with Gasteiger partial charge < -0.3 is 47.1 Å². The number of carboxylic acid groups (broad SMARTS) is 1. The summed E-state index contributed by atoms with van der Waals surface area (Å²) in [6.07, 6.45) is 2.51. The minimum absolute atomic E-state index is 0.00222. The van der Waals surface area contributed by atoms with E-state index in [0.717, 1.165) is 10.9 Å². The Morgan fingerprint density at radius 2 is 1.32 bits per heavy atom. The average Bonchev–Trinajstić information content (AvgIpc) is 3.61. The molecular weight excluding hydrogens is 791 g/mol. The van der Waals surface area contributed by atoms with Gasteiger partial charge in [-0.1, -0.05) is 78.9 Å². The fourth-order valence-electron chi connectivity index (χ4n) is 6.37. The van der Waals surface area contributed by atoms with Crippen LogP contribution in [0, 0.1) is 5.92 Å². The molecule has 9 N–H and O–H groups in total. The lowest BCUT2D eigenvalue weighted by Gasteiger charge is -2.29. The number of aliphatic carboxylic acids is 1. The van der Waals surface area contributed by atoms with Crippen LogP contribution < -0.4 is 32.3 Å². The fourth-order valence-corrected chi connectivity index (χ4v) is 6.84. The summed E-state index contributed by atoms with van der Waals surface area (Å²) in [4.78, 5) is 96.6. The number of carboxylic acids is 1. The van der Waals surface area contributed by atoms with Gasteiger partial charge in [0.1, 0.15) is 36.3 Å². The number of H-pyrrole nitrogens is 1. The molecule has 17 heteroatoms. The van der Waals surface area contributed by atoms with Crippen LogP contribution in [0.3, 0.4) is 0 Å². The zero-order valence-corrected chi connectivity index (χ0v) is 34.8. The third-order valence-electron chi connectivity index (χ3n) is 9.33. The Morgan fingerprint density at radius 1 is 0.733 bits per heavy atom. The summed E-state index contributed by atoms with van der Waals surface area (Å²) in [7, 11) is 0. The summed E-state index contributed by atoms with van der Waals surface area (Å²) in [5, 5.41) is 24.1. The van der Waals surface area contributed by atoms with Crippen molar-refractivity contribution in [2.75, 3.05) is 18.6 Å². The summed E-state index contributed by atoms with van der Waals surface area (Å²) >= 11 is 1.38. The lowest BCUT2D eigenvalue weighted by molar-refractivity contribution is -0.147. The van der Waals surface area contributed by atoms with Gasteiger partial charge in [0.25, 0.3) is 0 Å². The van der Waals surface area contributed by atoms with E-state index in [1.54, 1.807) is 93.9 Å². The number of carbonyl (C=O) groups excluding carboxylic acids is 6. The second kappa shape index (κ2) is 22.1. The zero-order valence-electron chi connectivity index (χ0n) is 34.0. The van der Waals surface area contributed by atoms with Crippen LogP contribution in [0.4, 0.5) is 4.79 Å². The van der Waals surface area contributed by atoms with Gasteiger partial charge >= 0.3 is 12.1 Å². The van der Waals surface area contributed by atoms with Crippen molar-refractivity contribution in [3.63, 3.8) is 0 Å². The maximum absolute atomic E-state index is 14.3. The van der Waals surface area contributed by atoms with Crippen LogP contribution >= 0.6 is 11.8 Å². The molecule has 16 nitrogen and oxygen atoms in total. The number of para-hydroxylation sites is 1. The Morgan fingerprint density at radius 3 is 1.92 bits per heavy atom. The van der Waals surface area contributed by atoms with E-state index in [-0.39, 0.29) is 25.7 Å². The van der Waals surface area contributed by atoms with E-state index >= 15 is 0 Å². The summed E-state index contributed by atoms with van der Waals surface area (Å²) in [5.41, 5.74) is 7.58. The summed E-state index contributed by atoms with van der Waals surface area (Å²) in [6, 6.07) is 19.1. The molecule has 3 aromatic carbocycles. The summed E-state index contributed by atoms with van der Waals surface area (Å²) < 4.78 is 5.21. The quantitative estimate of drug-likeness (QED) is 0.0609. The largest absolute Gasteiger partial charge is 0.481 e. The molecule has 0 saturated carbocycles. The summed E-state index contributed by atoms with van der Waals surface area (Å²) in [5.74, 6) is -6.75. The molecule has 5 atom stereocenters. The van der Waals surface area contributed by atoms with E-state index in [1.165, 1.54) is 11.8 Å². The SMILES string of the molecule is CSCC[C@H](NC(=O)[C@H](Cc1c[nH]c2ccccc12)NC(=O)CNC(=O)OC(C)(C)C)C(=O)N[C@H](C(=O)N[C@@H](Cc1ccccc1)C(N)=O)C(Cc1ccccc1)C(=O)O. The highest BCUT2D eigenvalue weighted by molar-refractivity contribution is 7.98. The Kier molecular flexibility index (Phi) is 17.1. The van der Waals surface area contributed by atoms with Gasteiger partial charge in [-0.2, -0.15) is 11.8 Å². The van der Waals surface area contributed by atoms with Crippen molar-refractivity contribution in [2.24, 2.45) is 11.7 Å². The number of aromatic nitrogens is 1. The number of hydrogen-bond donors (Lipinski definition) is 8. The van der Waals surface area contributed by atoms with Crippen molar-refractivity contribution < 1.29 is 43.4 Å². The molecule has 0 aliphatic heterocycles. The number of rotatable bonds is 21. The van der Waals surface area contributed by atoms with Crippen molar-refractivity contribution in [2.45, 2.75) is 76.2 Å². The minimum atomic E-state index is -1.73. The number of benzene rings is 3. The van der Waals surface area contributed by atoms with Crippen molar-refractivity contribution >= 4 is 64.3 Å². The Hall–Kier alpha value is -6.36. The smallest absolute Gasteiger partial charge is 0.408 e. The number of alkyl carbamates (subject to hydrolysis) is 1. The van der Waals surface area contributed by atoms with Crippen LogP contribution in [-0.4, -0.2) is 100 Å². The highest BCUT2D eigenvalue weighted by Crippen LogP contribution is 2.20. The van der Waals surface area contributed by atoms with Gasteiger partial charge in [-0.15, -0.1) is 0 Å². The number of aromatic amines is 1. The molecule has 1 heterocycles. The molecule has 1 aromatic heterocycles. The molecule has 0 bridgehead atoms. The fraction of sp³-hybridized carbons (Fsp3) is 0.372. The van der Waals surface area contributed by atoms with Gasteiger partial charge in [-0.25, -0.2) is 4.79 Å². The van der Waals surface area contributed by atoms with Crippen LogP contribution in [0.5, 0.6) is 0 Å². The van der Waals surface area contributed by atoms with Crippen LogP contribution in [0.2, 0.25) is 0 Å². The number of fused-ring (bicyclic) bond motifs is 1. The molecule has 60 heavy (non-hydrogen) atoms. The molecule has 1 unspecified atom stereocenters. The van der Waals surface area contributed by atoms with Crippen LogP contribution in [0.25, 0.3) is 10.9 Å². The van der Waals surface area contributed by atoms with Gasteiger partial charge in [0.15, 0.2) is 0 Å². The van der Waals surface area contributed by atoms with Crippen LogP contribution in [0.15, 0.2) is 91.1 Å². The van der Waals surface area contributed by atoms with E-state index in [1.807, 2.05) is 24.3 Å². The molecule has 0 spiro atoms. The van der Waals surface area contributed by atoms with E-state index in [2.05, 4.69) is 31.6 Å². The predicted octanol–water partition coefficient (Wildman–Crippen LogP) is 2.60. The van der Waals surface area contributed by atoms with E-state index in [9.17, 15) is 38.7 Å². The molecule has 0 saturated heterocycles.